The number of benzene rings is 2. The Hall–Kier alpha value is -2.86. The number of unbranched alkanes of at least 4 members (excludes halogenated alkanes) is 11. The Morgan fingerprint density at radius 3 is 2.12 bits per heavy atom. The quantitative estimate of drug-likeness (QED) is 0.110. The Kier molecular flexibility index (Phi) is 14.6. The molecule has 0 fully saturated rings. The van der Waals surface area contributed by atoms with E-state index in [1.807, 2.05) is 30.3 Å². The predicted molar refractivity (Wildman–Crippen MR) is 168 cm³/mol. The van der Waals surface area contributed by atoms with Crippen molar-refractivity contribution in [2.24, 2.45) is 0 Å². The third kappa shape index (κ3) is 10.6. The predicted octanol–water partition coefficient (Wildman–Crippen LogP) is 8.99. The van der Waals surface area contributed by atoms with Crippen LogP contribution in [0.1, 0.15) is 96.5 Å². The van der Waals surface area contributed by atoms with Crippen LogP contribution >= 0.6 is 11.3 Å². The average molecular weight is 566 g/mol. The Balaban J connectivity index is 1.41. The summed E-state index contributed by atoms with van der Waals surface area (Å²) < 4.78 is 14.0. The molecule has 0 saturated carbocycles. The van der Waals surface area contributed by atoms with Gasteiger partial charge in [-0.05, 0) is 43.7 Å². The molecule has 0 aliphatic carbocycles. The highest BCUT2D eigenvalue weighted by Crippen LogP contribution is 2.32. The standard InChI is InChI=1S/C34H48N2O3S/c1-4-6-7-8-9-10-11-12-13-14-15-16-25-39-33-29(18-17-19-31(33)38-3)27-32(37)35-30-22-20-28(21-23-30)34-36(5-2)24-26-40-34/h17-24,26H,4-16,25,27H2,1-3H3/p+1. The number of aryl methyl sites for hydroxylation is 1. The minimum absolute atomic E-state index is 0.0732. The maximum absolute atomic E-state index is 12.9. The van der Waals surface area contributed by atoms with Crippen LogP contribution in [0.25, 0.3) is 10.6 Å². The number of ether oxygens (including phenoxy) is 2. The van der Waals surface area contributed by atoms with Crippen LogP contribution in [0.15, 0.2) is 54.0 Å². The maximum Gasteiger partial charge on any atom is 0.268 e. The summed E-state index contributed by atoms with van der Waals surface area (Å²) in [6.07, 6.45) is 18.1. The molecule has 0 bridgehead atoms. The highest BCUT2D eigenvalue weighted by atomic mass is 32.1. The second-order valence-electron chi connectivity index (χ2n) is 10.5. The summed E-state index contributed by atoms with van der Waals surface area (Å²) in [5, 5.41) is 6.35. The molecule has 6 heteroatoms. The first-order valence-electron chi connectivity index (χ1n) is 15.3. The van der Waals surface area contributed by atoms with E-state index in [4.69, 9.17) is 9.47 Å². The van der Waals surface area contributed by atoms with Crippen molar-refractivity contribution >= 4 is 22.9 Å². The number of nitrogens with one attached hydrogen (secondary N) is 1. The van der Waals surface area contributed by atoms with E-state index in [0.717, 1.165) is 29.8 Å². The first kappa shape index (κ1) is 31.7. The smallest absolute Gasteiger partial charge is 0.268 e. The number of rotatable bonds is 20. The number of hydrogen-bond donors (Lipinski definition) is 1. The second-order valence-corrected chi connectivity index (χ2v) is 11.4. The van der Waals surface area contributed by atoms with Crippen LogP contribution in [0.2, 0.25) is 0 Å². The highest BCUT2D eigenvalue weighted by Gasteiger charge is 2.16. The number of nitrogens with zero attached hydrogens (tertiary/aromatic N) is 1. The molecule has 1 aromatic heterocycles. The second kappa shape index (κ2) is 18.5. The number of methoxy groups -OCH3 is 1. The van der Waals surface area contributed by atoms with Gasteiger partial charge in [-0.3, -0.25) is 4.79 Å². The topological polar surface area (TPSA) is 51.4 Å². The van der Waals surface area contributed by atoms with Gasteiger partial charge >= 0.3 is 0 Å². The number of thiazole rings is 1. The van der Waals surface area contributed by atoms with Gasteiger partial charge in [0.25, 0.3) is 5.01 Å². The largest absolute Gasteiger partial charge is 0.493 e. The number of carbonyl (C=O) groups is 1. The molecular weight excluding hydrogens is 516 g/mol. The Morgan fingerprint density at radius 2 is 1.50 bits per heavy atom. The lowest BCUT2D eigenvalue weighted by molar-refractivity contribution is -0.678. The Bertz CT molecular complexity index is 1130. The van der Waals surface area contributed by atoms with Gasteiger partial charge in [-0.25, -0.2) is 0 Å². The third-order valence-corrected chi connectivity index (χ3v) is 8.26. The van der Waals surface area contributed by atoms with Gasteiger partial charge in [0.15, 0.2) is 17.7 Å². The molecule has 0 radical (unpaired) electrons. The van der Waals surface area contributed by atoms with E-state index in [1.165, 1.54) is 75.6 Å². The van der Waals surface area contributed by atoms with Gasteiger partial charge in [0.05, 0.1) is 31.1 Å². The summed E-state index contributed by atoms with van der Waals surface area (Å²) in [7, 11) is 1.65. The van der Waals surface area contributed by atoms with Crippen molar-refractivity contribution in [2.75, 3.05) is 19.0 Å². The van der Waals surface area contributed by atoms with E-state index in [1.54, 1.807) is 18.4 Å². The first-order chi connectivity index (χ1) is 19.7. The third-order valence-electron chi connectivity index (χ3n) is 7.31. The molecule has 0 unspecified atom stereocenters. The molecule has 218 valence electrons. The van der Waals surface area contributed by atoms with E-state index >= 15 is 0 Å². The van der Waals surface area contributed by atoms with Gasteiger partial charge in [0.1, 0.15) is 6.54 Å². The van der Waals surface area contributed by atoms with Crippen LogP contribution in [0, 0.1) is 0 Å². The van der Waals surface area contributed by atoms with Crippen molar-refractivity contribution < 1.29 is 18.8 Å². The first-order valence-corrected chi connectivity index (χ1v) is 16.2. The summed E-state index contributed by atoms with van der Waals surface area (Å²) in [4.78, 5) is 12.9. The van der Waals surface area contributed by atoms with Crippen molar-refractivity contribution in [1.29, 1.82) is 0 Å². The molecule has 3 aromatic rings. The monoisotopic (exact) mass is 565 g/mol. The number of hydrogen-bond acceptors (Lipinski definition) is 4. The van der Waals surface area contributed by atoms with E-state index in [0.29, 0.717) is 18.1 Å². The zero-order valence-electron chi connectivity index (χ0n) is 24.9. The van der Waals surface area contributed by atoms with Crippen LogP contribution in [0.4, 0.5) is 5.69 Å². The van der Waals surface area contributed by atoms with Gasteiger partial charge in [0.2, 0.25) is 5.91 Å². The van der Waals surface area contributed by atoms with Gasteiger partial charge in [-0.2, -0.15) is 4.57 Å². The minimum atomic E-state index is -0.0732. The molecule has 1 N–H and O–H groups in total. The molecule has 0 saturated heterocycles. The lowest BCUT2D eigenvalue weighted by Gasteiger charge is -2.15. The Morgan fingerprint density at radius 1 is 0.850 bits per heavy atom. The number of anilines is 1. The summed E-state index contributed by atoms with van der Waals surface area (Å²) in [5.41, 5.74) is 2.78. The van der Waals surface area contributed by atoms with Gasteiger partial charge in [0, 0.05) is 11.3 Å². The van der Waals surface area contributed by atoms with E-state index in [-0.39, 0.29) is 12.3 Å². The maximum atomic E-state index is 12.9. The molecular formula is C34H49N2O3S+. The molecule has 0 atom stereocenters. The van der Waals surface area contributed by atoms with E-state index < -0.39 is 0 Å². The zero-order valence-corrected chi connectivity index (χ0v) is 25.7. The fourth-order valence-electron chi connectivity index (χ4n) is 5.00. The fourth-order valence-corrected chi connectivity index (χ4v) is 5.94. The summed E-state index contributed by atoms with van der Waals surface area (Å²) in [6, 6.07) is 13.8. The number of aromatic nitrogens is 1. The van der Waals surface area contributed by atoms with Crippen LogP contribution in [-0.4, -0.2) is 19.6 Å². The molecule has 0 aliphatic heterocycles. The molecule has 0 spiro atoms. The van der Waals surface area contributed by atoms with Gasteiger partial charge in [-0.15, -0.1) is 0 Å². The molecule has 40 heavy (non-hydrogen) atoms. The molecule has 5 nitrogen and oxygen atoms in total. The molecule has 1 amide bonds. The summed E-state index contributed by atoms with van der Waals surface area (Å²) in [6.45, 7) is 5.98. The van der Waals surface area contributed by atoms with Crippen molar-refractivity contribution in [1.82, 2.24) is 0 Å². The Labute approximate surface area is 245 Å². The lowest BCUT2D eigenvalue weighted by atomic mass is 10.1. The molecule has 0 aliphatic rings. The van der Waals surface area contributed by atoms with Crippen molar-refractivity contribution in [2.45, 2.75) is 104 Å². The van der Waals surface area contributed by atoms with E-state index in [9.17, 15) is 4.79 Å². The average Bonchev–Trinajstić information content (AvgIpc) is 3.45. The van der Waals surface area contributed by atoms with Crippen LogP contribution in [0.3, 0.4) is 0 Å². The van der Waals surface area contributed by atoms with Crippen molar-refractivity contribution in [3.05, 3.63) is 59.6 Å². The van der Waals surface area contributed by atoms with E-state index in [2.05, 4.69) is 47.4 Å². The minimum Gasteiger partial charge on any atom is -0.493 e. The van der Waals surface area contributed by atoms with Crippen molar-refractivity contribution in [3.8, 4) is 22.1 Å². The number of amides is 1. The number of carbonyl (C=O) groups excluding carboxylic acids is 1. The fraction of sp³-hybridized carbons (Fsp3) is 0.529. The zero-order chi connectivity index (χ0) is 28.4. The van der Waals surface area contributed by atoms with Gasteiger partial charge < -0.3 is 14.8 Å². The van der Waals surface area contributed by atoms with Crippen LogP contribution in [0.5, 0.6) is 11.5 Å². The SMILES string of the molecule is CCCCCCCCCCCCCCOc1c(CC(=O)Nc2ccc(-c3scc[n+]3CC)cc2)cccc1OC. The normalized spacial score (nSPS) is 11.0. The molecule has 1 heterocycles. The summed E-state index contributed by atoms with van der Waals surface area (Å²) in [5.74, 6) is 1.28. The van der Waals surface area contributed by atoms with Crippen LogP contribution in [-0.2, 0) is 17.8 Å². The lowest BCUT2D eigenvalue weighted by Crippen LogP contribution is -2.31. The van der Waals surface area contributed by atoms with Crippen LogP contribution < -0.4 is 19.4 Å². The van der Waals surface area contributed by atoms with Gasteiger partial charge in [-0.1, -0.05) is 101 Å². The number of para-hydroxylation sites is 1. The molecule has 3 rings (SSSR count). The van der Waals surface area contributed by atoms with Crippen molar-refractivity contribution in [3.63, 3.8) is 0 Å². The molecule has 2 aromatic carbocycles. The summed E-state index contributed by atoms with van der Waals surface area (Å²) >= 11 is 1.72. The highest BCUT2D eigenvalue weighted by molar-refractivity contribution is 7.12.